The van der Waals surface area contributed by atoms with E-state index in [1.807, 2.05) is 0 Å². The van der Waals surface area contributed by atoms with Crippen molar-refractivity contribution in [2.75, 3.05) is 0 Å². The van der Waals surface area contributed by atoms with E-state index in [-0.39, 0.29) is 11.3 Å². The van der Waals surface area contributed by atoms with E-state index in [4.69, 9.17) is 5.11 Å². The maximum absolute atomic E-state index is 11.4. The highest BCUT2D eigenvalue weighted by molar-refractivity contribution is 6.01. The monoisotopic (exact) mass is 212 g/mol. The average Bonchev–Trinajstić information content (AvgIpc) is 2.16. The highest BCUT2D eigenvalue weighted by Gasteiger charge is 2.17. The fourth-order valence-corrected chi connectivity index (χ4v) is 0.892. The second kappa shape index (κ2) is 6.01. The number of carbonyl (C=O) groups is 2. The van der Waals surface area contributed by atoms with Gasteiger partial charge in [-0.3, -0.25) is 0 Å². The van der Waals surface area contributed by atoms with Crippen LogP contribution in [0.5, 0.6) is 0 Å². The van der Waals surface area contributed by atoms with E-state index in [0.29, 0.717) is 12.0 Å². The van der Waals surface area contributed by atoms with Crippen LogP contribution in [0.4, 0.5) is 0 Å². The van der Waals surface area contributed by atoms with Crippen LogP contribution in [0, 0.1) is 0 Å². The topological polar surface area (TPSA) is 63.6 Å². The van der Waals surface area contributed by atoms with Crippen molar-refractivity contribution in [2.24, 2.45) is 0 Å². The normalized spacial score (nSPS) is 13.2. The fraction of sp³-hybridized carbons (Fsp3) is 0.455. The number of hydrogen-bond donors (Lipinski definition) is 1. The molecule has 0 unspecified atom stereocenters. The predicted molar refractivity (Wildman–Crippen MR) is 56.1 cm³/mol. The Bertz CT molecular complexity index is 319. The van der Waals surface area contributed by atoms with Crippen molar-refractivity contribution in [3.8, 4) is 0 Å². The summed E-state index contributed by atoms with van der Waals surface area (Å²) in [5.41, 5.74) is 0.474. The van der Waals surface area contributed by atoms with E-state index in [1.54, 1.807) is 26.8 Å². The summed E-state index contributed by atoms with van der Waals surface area (Å²) in [6.45, 7) is 6.31. The summed E-state index contributed by atoms with van der Waals surface area (Å²) in [7, 11) is 0. The van der Waals surface area contributed by atoms with Crippen LogP contribution in [0.25, 0.3) is 0 Å². The molecule has 0 amide bonds. The molecular weight excluding hydrogens is 196 g/mol. The third-order valence-corrected chi connectivity index (χ3v) is 1.98. The Morgan fingerprint density at radius 3 is 2.13 bits per heavy atom. The first-order chi connectivity index (χ1) is 6.93. The minimum absolute atomic E-state index is 0.117. The Morgan fingerprint density at radius 2 is 1.80 bits per heavy atom. The van der Waals surface area contributed by atoms with E-state index >= 15 is 0 Å². The van der Waals surface area contributed by atoms with Crippen LogP contribution in [0.3, 0.4) is 0 Å². The molecule has 0 bridgehead atoms. The largest absolute Gasteiger partial charge is 0.512 e. The summed E-state index contributed by atoms with van der Waals surface area (Å²) in [4.78, 5) is 22.6. The summed E-state index contributed by atoms with van der Waals surface area (Å²) in [6, 6.07) is 0. The van der Waals surface area contributed by atoms with Gasteiger partial charge in [-0.1, -0.05) is 13.0 Å². The molecule has 84 valence electrons. The van der Waals surface area contributed by atoms with Gasteiger partial charge in [-0.05, 0) is 27.2 Å². The molecule has 0 fully saturated rings. The van der Waals surface area contributed by atoms with E-state index in [1.165, 1.54) is 6.92 Å². The van der Waals surface area contributed by atoms with Gasteiger partial charge >= 0.3 is 11.9 Å². The van der Waals surface area contributed by atoms with Crippen LogP contribution in [-0.4, -0.2) is 17.0 Å². The molecule has 0 aromatic heterocycles. The number of ether oxygens (including phenoxy) is 1. The number of carbonyl (C=O) groups excluding carboxylic acids is 2. The first-order valence-corrected chi connectivity index (χ1v) is 4.72. The van der Waals surface area contributed by atoms with Gasteiger partial charge in [-0.15, -0.1) is 0 Å². The third-order valence-electron chi connectivity index (χ3n) is 1.98. The minimum atomic E-state index is -0.788. The van der Waals surface area contributed by atoms with Crippen molar-refractivity contribution in [1.82, 2.24) is 0 Å². The van der Waals surface area contributed by atoms with E-state index in [0.717, 1.165) is 0 Å². The Labute approximate surface area is 89.2 Å². The molecule has 0 heterocycles. The molecule has 0 spiro atoms. The van der Waals surface area contributed by atoms with E-state index in [2.05, 4.69) is 4.74 Å². The molecule has 0 aromatic carbocycles. The lowest BCUT2D eigenvalue weighted by Crippen LogP contribution is -2.15. The lowest BCUT2D eigenvalue weighted by Gasteiger charge is -2.05. The number of allylic oxidation sites excluding steroid dienone is 2. The quantitative estimate of drug-likeness (QED) is 0.337. The lowest BCUT2D eigenvalue weighted by molar-refractivity contribution is -0.154. The van der Waals surface area contributed by atoms with Gasteiger partial charge in [-0.2, -0.15) is 0 Å². The number of hydrogen-bond acceptors (Lipinski definition) is 4. The summed E-state index contributed by atoms with van der Waals surface area (Å²) in [5, 5.41) is 9.14. The summed E-state index contributed by atoms with van der Waals surface area (Å²) in [5.74, 6) is -1.59. The highest BCUT2D eigenvalue weighted by Crippen LogP contribution is 2.09. The molecule has 0 aliphatic heterocycles. The molecule has 1 N–H and O–H groups in total. The smallest absolute Gasteiger partial charge is 0.345 e. The van der Waals surface area contributed by atoms with Crippen molar-refractivity contribution in [1.29, 1.82) is 0 Å². The Hall–Kier alpha value is -1.58. The zero-order valence-electron chi connectivity index (χ0n) is 9.46. The Kier molecular flexibility index (Phi) is 5.37. The second-order valence-electron chi connectivity index (χ2n) is 3.07. The van der Waals surface area contributed by atoms with Gasteiger partial charge in [0.1, 0.15) is 0 Å². The molecule has 0 rings (SSSR count). The number of aliphatic hydroxyl groups excluding tert-OH is 1. The van der Waals surface area contributed by atoms with Gasteiger partial charge in [0.2, 0.25) is 0 Å². The lowest BCUT2D eigenvalue weighted by atomic mass is 10.2. The molecule has 0 saturated carbocycles. The first-order valence-electron chi connectivity index (χ1n) is 4.72. The Balaban J connectivity index is 4.65. The van der Waals surface area contributed by atoms with Crippen molar-refractivity contribution < 1.29 is 19.4 Å². The third kappa shape index (κ3) is 3.97. The molecule has 0 aliphatic rings. The van der Waals surface area contributed by atoms with Crippen molar-refractivity contribution >= 4 is 11.9 Å². The summed E-state index contributed by atoms with van der Waals surface area (Å²) >= 11 is 0. The molecule has 4 nitrogen and oxygen atoms in total. The number of aliphatic hydroxyl groups is 1. The molecule has 4 heteroatoms. The zero-order valence-corrected chi connectivity index (χ0v) is 9.46. The summed E-state index contributed by atoms with van der Waals surface area (Å²) in [6.07, 6.45) is 1.88. The van der Waals surface area contributed by atoms with Gasteiger partial charge in [-0.25, -0.2) is 9.59 Å². The zero-order chi connectivity index (χ0) is 12.0. The van der Waals surface area contributed by atoms with Crippen molar-refractivity contribution in [2.45, 2.75) is 34.1 Å². The van der Waals surface area contributed by atoms with Crippen LogP contribution in [0.2, 0.25) is 0 Å². The van der Waals surface area contributed by atoms with Crippen molar-refractivity contribution in [3.05, 3.63) is 23.0 Å². The van der Waals surface area contributed by atoms with Crippen LogP contribution in [0.1, 0.15) is 34.1 Å². The molecule has 0 radical (unpaired) electrons. The molecule has 0 aliphatic carbocycles. The SMILES string of the molecule is CC=C(C)C(=O)OC(=O)C(CC)=C(C)O. The molecular formula is C11H16O4. The molecule has 0 atom stereocenters. The predicted octanol–water partition coefficient (Wildman–Crippen LogP) is 2.26. The molecule has 15 heavy (non-hydrogen) atoms. The van der Waals surface area contributed by atoms with Crippen LogP contribution in [0.15, 0.2) is 23.0 Å². The van der Waals surface area contributed by atoms with Crippen molar-refractivity contribution in [3.63, 3.8) is 0 Å². The second-order valence-corrected chi connectivity index (χ2v) is 3.07. The molecule has 0 saturated heterocycles. The minimum Gasteiger partial charge on any atom is -0.512 e. The standard InChI is InChI=1S/C11H16O4/c1-5-7(3)10(13)15-11(14)9(6-2)8(4)12/h5,12H,6H2,1-4H3. The maximum atomic E-state index is 11.4. The van der Waals surface area contributed by atoms with Gasteiger partial charge in [0, 0.05) is 5.57 Å². The van der Waals surface area contributed by atoms with Gasteiger partial charge in [0.15, 0.2) is 0 Å². The first kappa shape index (κ1) is 13.4. The highest BCUT2D eigenvalue weighted by atomic mass is 16.6. The maximum Gasteiger partial charge on any atom is 0.345 e. The van der Waals surface area contributed by atoms with Gasteiger partial charge in [0.25, 0.3) is 0 Å². The average molecular weight is 212 g/mol. The summed E-state index contributed by atoms with van der Waals surface area (Å²) < 4.78 is 4.55. The van der Waals surface area contributed by atoms with Crippen LogP contribution in [-0.2, 0) is 14.3 Å². The fourth-order valence-electron chi connectivity index (χ4n) is 0.892. The van der Waals surface area contributed by atoms with Gasteiger partial charge in [0.05, 0.1) is 11.3 Å². The Morgan fingerprint density at radius 1 is 1.27 bits per heavy atom. The van der Waals surface area contributed by atoms with Crippen LogP contribution >= 0.6 is 0 Å². The van der Waals surface area contributed by atoms with E-state index in [9.17, 15) is 9.59 Å². The number of esters is 2. The van der Waals surface area contributed by atoms with E-state index < -0.39 is 11.9 Å². The van der Waals surface area contributed by atoms with Crippen LogP contribution < -0.4 is 0 Å². The van der Waals surface area contributed by atoms with Gasteiger partial charge < -0.3 is 9.84 Å². The number of rotatable bonds is 3. The molecule has 0 aromatic rings.